The number of hydrogen-bond acceptors (Lipinski definition) is 3. The summed E-state index contributed by atoms with van der Waals surface area (Å²) in [7, 11) is 0. The van der Waals surface area contributed by atoms with E-state index in [4.69, 9.17) is 0 Å². The minimum Gasteiger partial charge on any atom is -0.871 e. The van der Waals surface area contributed by atoms with Gasteiger partial charge >= 0.3 is 0 Å². The van der Waals surface area contributed by atoms with Gasteiger partial charge in [0, 0.05) is 58.1 Å². The average molecular weight is 529 g/mol. The molecular formula is C36H36N2O2. The van der Waals surface area contributed by atoms with Crippen LogP contribution in [0.2, 0.25) is 0 Å². The summed E-state index contributed by atoms with van der Waals surface area (Å²) in [6, 6.07) is 25.1. The van der Waals surface area contributed by atoms with Gasteiger partial charge < -0.3 is 10.0 Å². The lowest BCUT2D eigenvalue weighted by atomic mass is 9.78. The van der Waals surface area contributed by atoms with Crippen molar-refractivity contribution in [2.45, 2.75) is 53.0 Å². The summed E-state index contributed by atoms with van der Waals surface area (Å²) in [5.74, 6) is 0.192. The van der Waals surface area contributed by atoms with E-state index >= 15 is 0 Å². The first-order valence-corrected chi connectivity index (χ1v) is 14.3. The summed E-state index contributed by atoms with van der Waals surface area (Å²) in [5.41, 5.74) is 5.59. The Kier molecular flexibility index (Phi) is 6.37. The Bertz CT molecular complexity index is 1770. The number of rotatable bonds is 6. The van der Waals surface area contributed by atoms with Crippen molar-refractivity contribution in [2.75, 3.05) is 11.4 Å². The van der Waals surface area contributed by atoms with Crippen molar-refractivity contribution >= 4 is 39.2 Å². The summed E-state index contributed by atoms with van der Waals surface area (Å²) in [5, 5.41) is 17.1. The fraction of sp³-hybridized carbons (Fsp3) is 0.278. The maximum absolute atomic E-state index is 13.5. The summed E-state index contributed by atoms with van der Waals surface area (Å²) in [4.78, 5) is 15.8. The van der Waals surface area contributed by atoms with Crippen LogP contribution in [0.15, 0.2) is 101 Å². The quantitative estimate of drug-likeness (QED) is 0.209. The summed E-state index contributed by atoms with van der Waals surface area (Å²) in [6.07, 6.45) is 4.66. The lowest BCUT2D eigenvalue weighted by Gasteiger charge is -2.33. The topological polar surface area (TPSA) is 47.2 Å². The second kappa shape index (κ2) is 9.78. The highest BCUT2D eigenvalue weighted by atomic mass is 16.3. The molecule has 2 heterocycles. The molecule has 0 unspecified atom stereocenters. The molecule has 0 saturated carbocycles. The number of anilines is 1. The molecule has 0 atom stereocenters. The Hall–Kier alpha value is -4.18. The van der Waals surface area contributed by atoms with Crippen molar-refractivity contribution in [1.82, 2.24) is 0 Å². The van der Waals surface area contributed by atoms with Gasteiger partial charge in [-0.1, -0.05) is 75.9 Å². The second-order valence-corrected chi connectivity index (χ2v) is 11.9. The molecular weight excluding hydrogens is 492 g/mol. The number of pyridine rings is 1. The van der Waals surface area contributed by atoms with Gasteiger partial charge in [-0.25, -0.2) is 0 Å². The van der Waals surface area contributed by atoms with E-state index in [9.17, 15) is 9.90 Å². The van der Waals surface area contributed by atoms with Crippen molar-refractivity contribution in [3.8, 4) is 0 Å². The highest BCUT2D eigenvalue weighted by Crippen LogP contribution is 2.51. The van der Waals surface area contributed by atoms with Crippen LogP contribution in [-0.4, -0.2) is 12.3 Å². The Balaban J connectivity index is 1.45. The minimum atomic E-state index is -0.357. The van der Waals surface area contributed by atoms with Crippen molar-refractivity contribution in [3.63, 3.8) is 0 Å². The van der Waals surface area contributed by atoms with E-state index in [1.807, 2.05) is 30.3 Å². The van der Waals surface area contributed by atoms with Gasteiger partial charge in [0.1, 0.15) is 6.54 Å². The average Bonchev–Trinajstić information content (AvgIpc) is 3.18. The minimum absolute atomic E-state index is 0.172. The number of carbonyl (C=O) groups is 1. The number of fused-ring (bicyclic) bond motifs is 4. The Morgan fingerprint density at radius 2 is 1.62 bits per heavy atom. The van der Waals surface area contributed by atoms with Crippen LogP contribution in [0.1, 0.15) is 52.3 Å². The van der Waals surface area contributed by atoms with E-state index < -0.39 is 0 Å². The molecule has 40 heavy (non-hydrogen) atoms. The predicted molar refractivity (Wildman–Crippen MR) is 162 cm³/mol. The number of aryl methyl sites for hydroxylation is 1. The first kappa shape index (κ1) is 26.1. The predicted octanol–water partition coefficient (Wildman–Crippen LogP) is 6.61. The van der Waals surface area contributed by atoms with E-state index in [0.717, 1.165) is 41.8 Å². The largest absolute Gasteiger partial charge is 0.871 e. The summed E-state index contributed by atoms with van der Waals surface area (Å²) < 4.78 is 2.15. The van der Waals surface area contributed by atoms with E-state index in [1.54, 1.807) is 6.08 Å². The Morgan fingerprint density at radius 3 is 2.35 bits per heavy atom. The van der Waals surface area contributed by atoms with Gasteiger partial charge in [-0.05, 0) is 59.9 Å². The molecule has 0 saturated heterocycles. The van der Waals surface area contributed by atoms with E-state index in [2.05, 4.69) is 92.6 Å². The molecule has 0 N–H and O–H groups in total. The number of carbonyl (C=O) groups excluding carboxylic acids is 1. The Morgan fingerprint density at radius 1 is 0.925 bits per heavy atom. The number of benzene rings is 3. The zero-order chi connectivity index (χ0) is 28.2. The molecule has 4 heteroatoms. The molecule has 1 aliphatic heterocycles. The van der Waals surface area contributed by atoms with Crippen molar-refractivity contribution in [3.05, 3.63) is 113 Å². The van der Waals surface area contributed by atoms with Gasteiger partial charge in [-0.15, -0.1) is 0 Å². The van der Waals surface area contributed by atoms with Gasteiger partial charge in [-0.2, -0.15) is 4.57 Å². The van der Waals surface area contributed by atoms with Gasteiger partial charge in [0.25, 0.3) is 0 Å². The van der Waals surface area contributed by atoms with Crippen LogP contribution < -0.4 is 14.6 Å². The number of para-hydroxylation sites is 1. The second-order valence-electron chi connectivity index (χ2n) is 11.9. The first-order chi connectivity index (χ1) is 19.2. The van der Waals surface area contributed by atoms with Crippen molar-refractivity contribution in [1.29, 1.82) is 0 Å². The van der Waals surface area contributed by atoms with Crippen LogP contribution in [0, 0.1) is 5.92 Å². The van der Waals surface area contributed by atoms with Crippen molar-refractivity contribution < 1.29 is 14.5 Å². The normalized spacial score (nSPS) is 18.4. The summed E-state index contributed by atoms with van der Waals surface area (Å²) in [6.45, 7) is 12.5. The monoisotopic (exact) mass is 528 g/mol. The zero-order valence-electron chi connectivity index (χ0n) is 24.0. The van der Waals surface area contributed by atoms with Gasteiger partial charge in [-0.3, -0.25) is 4.79 Å². The molecule has 0 amide bonds. The van der Waals surface area contributed by atoms with E-state index in [-0.39, 0.29) is 28.1 Å². The Labute approximate surface area is 236 Å². The number of hydrogen-bond donors (Lipinski definition) is 0. The third-order valence-corrected chi connectivity index (χ3v) is 8.52. The van der Waals surface area contributed by atoms with Crippen LogP contribution in [0.25, 0.3) is 27.8 Å². The molecule has 6 rings (SSSR count). The van der Waals surface area contributed by atoms with E-state index in [0.29, 0.717) is 5.92 Å². The van der Waals surface area contributed by atoms with Crippen LogP contribution in [0.5, 0.6) is 0 Å². The highest BCUT2D eigenvalue weighted by Gasteiger charge is 2.42. The molecule has 4 nitrogen and oxygen atoms in total. The number of ketones is 1. The molecule has 3 aromatic carbocycles. The number of nitrogens with zero attached hydrogens (tertiary/aromatic N) is 2. The third kappa shape index (κ3) is 4.05. The standard InChI is InChI=1S/C36H36N2O2/c1-6-37-26(17-15-25-12-8-10-14-30(25)37)21-28-34(39)29(35(28)40)22-32-36(4,5)33-27-13-9-7-11-24(27)16-18-31(33)38(32)20-19-23(2)3/h7-18,21-23H,6,19-20H2,1-5H3. The highest BCUT2D eigenvalue weighted by molar-refractivity contribution is 6.23. The fourth-order valence-electron chi connectivity index (χ4n) is 6.36. The molecule has 0 fully saturated rings. The molecule has 2 aliphatic rings. The summed E-state index contributed by atoms with van der Waals surface area (Å²) >= 11 is 0. The van der Waals surface area contributed by atoms with Gasteiger partial charge in [0.15, 0.2) is 5.78 Å². The van der Waals surface area contributed by atoms with E-state index in [1.165, 1.54) is 22.0 Å². The maximum atomic E-state index is 13.5. The lowest BCUT2D eigenvalue weighted by Crippen LogP contribution is -2.38. The third-order valence-electron chi connectivity index (χ3n) is 8.52. The van der Waals surface area contributed by atoms with Crippen molar-refractivity contribution in [2.24, 2.45) is 5.92 Å². The fourth-order valence-corrected chi connectivity index (χ4v) is 6.36. The molecule has 0 spiro atoms. The van der Waals surface area contributed by atoms with Crippen LogP contribution in [-0.2, 0) is 16.8 Å². The molecule has 202 valence electrons. The molecule has 0 radical (unpaired) electrons. The number of Topliss-reactive ketones (excluding diaryl/α,β-unsaturated/α-hetero) is 1. The van der Waals surface area contributed by atoms with Crippen LogP contribution in [0.3, 0.4) is 0 Å². The first-order valence-electron chi connectivity index (χ1n) is 14.3. The molecule has 1 aliphatic carbocycles. The lowest BCUT2D eigenvalue weighted by molar-refractivity contribution is -0.669. The van der Waals surface area contributed by atoms with Crippen LogP contribution >= 0.6 is 0 Å². The molecule has 4 aromatic rings. The zero-order valence-corrected chi connectivity index (χ0v) is 24.0. The van der Waals surface area contributed by atoms with Gasteiger partial charge in [0.2, 0.25) is 11.2 Å². The van der Waals surface area contributed by atoms with Crippen LogP contribution in [0.4, 0.5) is 5.69 Å². The number of aromatic nitrogens is 1. The molecule has 0 bridgehead atoms. The maximum Gasteiger partial charge on any atom is 0.212 e. The molecule has 1 aromatic heterocycles. The smallest absolute Gasteiger partial charge is 0.212 e. The SMILES string of the molecule is CC[n+]1c(C=C2C(=O)C(C=C3N(CCC(C)C)c4ccc5ccccc5c4C3(C)C)=C2[O-])ccc2ccccc21. The van der Waals surface area contributed by atoms with Gasteiger partial charge in [0.05, 0.1) is 0 Å². The number of allylic oxidation sites excluding steroid dienone is 4.